The zero-order valence-electron chi connectivity index (χ0n) is 21.3. The molecule has 1 heteroatoms. The summed E-state index contributed by atoms with van der Waals surface area (Å²) in [6.45, 7) is 2.16. The second-order valence-corrected chi connectivity index (χ2v) is 9.91. The van der Waals surface area contributed by atoms with Crippen LogP contribution in [0.3, 0.4) is 0 Å². The molecule has 0 atom stereocenters. The van der Waals surface area contributed by atoms with Crippen molar-refractivity contribution in [2.24, 2.45) is 0 Å². The third-order valence-corrected chi connectivity index (χ3v) is 7.48. The molecule has 0 saturated heterocycles. The highest BCUT2D eigenvalue weighted by Crippen LogP contribution is 2.37. The van der Waals surface area contributed by atoms with Crippen molar-refractivity contribution in [1.82, 2.24) is 4.57 Å². The number of aryl methyl sites for hydroxylation is 1. The summed E-state index contributed by atoms with van der Waals surface area (Å²) in [4.78, 5) is 0. The van der Waals surface area contributed by atoms with E-state index in [0.717, 1.165) is 0 Å². The van der Waals surface area contributed by atoms with Gasteiger partial charge < -0.3 is 4.57 Å². The zero-order valence-corrected chi connectivity index (χ0v) is 21.3. The average molecular weight is 486 g/mol. The number of hydrogen-bond donors (Lipinski definition) is 0. The summed E-state index contributed by atoms with van der Waals surface area (Å²) in [5.74, 6) is 0. The van der Waals surface area contributed by atoms with Gasteiger partial charge in [0, 0.05) is 16.5 Å². The van der Waals surface area contributed by atoms with Gasteiger partial charge in [-0.3, -0.25) is 0 Å². The molecule has 0 spiro atoms. The topological polar surface area (TPSA) is 4.93 Å². The van der Waals surface area contributed by atoms with Crippen LogP contribution in [0, 0.1) is 6.92 Å². The molecule has 1 aromatic heterocycles. The minimum absolute atomic E-state index is 1.17. The van der Waals surface area contributed by atoms with E-state index < -0.39 is 0 Å². The van der Waals surface area contributed by atoms with Crippen LogP contribution in [0.4, 0.5) is 0 Å². The monoisotopic (exact) mass is 485 g/mol. The van der Waals surface area contributed by atoms with Crippen LogP contribution in [0.2, 0.25) is 0 Å². The minimum atomic E-state index is 1.17. The smallest absolute Gasteiger partial charge is 0.0541 e. The van der Waals surface area contributed by atoms with Crippen molar-refractivity contribution in [1.29, 1.82) is 0 Å². The first-order valence-electron chi connectivity index (χ1n) is 13.1. The van der Waals surface area contributed by atoms with Gasteiger partial charge in [0.05, 0.1) is 11.0 Å². The number of benzene rings is 6. The fourth-order valence-corrected chi connectivity index (χ4v) is 5.62. The Kier molecular flexibility index (Phi) is 5.41. The fraction of sp³-hybridized carbons (Fsp3) is 0.0270. The van der Waals surface area contributed by atoms with Gasteiger partial charge in [0.2, 0.25) is 0 Å². The molecule has 0 aliphatic heterocycles. The molecule has 1 nitrogen and oxygen atoms in total. The van der Waals surface area contributed by atoms with Gasteiger partial charge in [0.1, 0.15) is 0 Å². The number of aromatic nitrogens is 1. The van der Waals surface area contributed by atoms with Gasteiger partial charge in [-0.15, -0.1) is 0 Å². The fourth-order valence-electron chi connectivity index (χ4n) is 5.62. The molecule has 6 aromatic carbocycles. The molecule has 1 heterocycles. The molecule has 0 saturated carbocycles. The molecular weight excluding hydrogens is 458 g/mol. The molecule has 0 aliphatic carbocycles. The van der Waals surface area contributed by atoms with Crippen LogP contribution >= 0.6 is 0 Å². The molecule has 0 N–H and O–H groups in total. The Morgan fingerprint density at radius 1 is 0.395 bits per heavy atom. The van der Waals surface area contributed by atoms with Gasteiger partial charge in [-0.2, -0.15) is 0 Å². The van der Waals surface area contributed by atoms with E-state index in [9.17, 15) is 0 Å². The summed E-state index contributed by atoms with van der Waals surface area (Å²) < 4.78 is 2.38. The molecular formula is C37H27N. The maximum atomic E-state index is 2.38. The average Bonchev–Trinajstić information content (AvgIpc) is 3.31. The van der Waals surface area contributed by atoms with E-state index in [2.05, 4.69) is 157 Å². The molecule has 7 rings (SSSR count). The van der Waals surface area contributed by atoms with Crippen LogP contribution in [0.5, 0.6) is 0 Å². The Labute approximate surface area is 223 Å². The molecule has 0 fully saturated rings. The lowest BCUT2D eigenvalue weighted by Crippen LogP contribution is -1.94. The van der Waals surface area contributed by atoms with E-state index in [1.807, 2.05) is 0 Å². The van der Waals surface area contributed by atoms with Crippen LogP contribution in [-0.2, 0) is 0 Å². The van der Waals surface area contributed by atoms with E-state index in [4.69, 9.17) is 0 Å². The third kappa shape index (κ3) is 3.81. The maximum absolute atomic E-state index is 2.38. The Balaban J connectivity index is 1.34. The highest BCUT2D eigenvalue weighted by atomic mass is 15.0. The normalized spacial score (nSPS) is 11.3. The van der Waals surface area contributed by atoms with E-state index >= 15 is 0 Å². The van der Waals surface area contributed by atoms with Crippen LogP contribution in [0.1, 0.15) is 5.56 Å². The minimum Gasteiger partial charge on any atom is -0.309 e. The van der Waals surface area contributed by atoms with Gasteiger partial charge in [-0.1, -0.05) is 115 Å². The van der Waals surface area contributed by atoms with Crippen molar-refractivity contribution in [3.05, 3.63) is 151 Å². The lowest BCUT2D eigenvalue weighted by atomic mass is 9.91. The van der Waals surface area contributed by atoms with Crippen molar-refractivity contribution < 1.29 is 0 Å². The Morgan fingerprint density at radius 3 is 1.74 bits per heavy atom. The Morgan fingerprint density at radius 2 is 1.00 bits per heavy atom. The summed E-state index contributed by atoms with van der Waals surface area (Å²) in [5.41, 5.74) is 12.3. The van der Waals surface area contributed by atoms with Crippen molar-refractivity contribution in [2.75, 3.05) is 0 Å². The van der Waals surface area contributed by atoms with Crippen molar-refractivity contribution in [3.8, 4) is 39.1 Å². The van der Waals surface area contributed by atoms with Crippen molar-refractivity contribution in [2.45, 2.75) is 6.92 Å². The predicted octanol–water partition coefficient (Wildman–Crippen LogP) is 10.1. The molecule has 0 amide bonds. The Hall–Kier alpha value is -4.88. The highest BCUT2D eigenvalue weighted by molar-refractivity contribution is 6.09. The van der Waals surface area contributed by atoms with Crippen LogP contribution in [-0.4, -0.2) is 4.57 Å². The largest absolute Gasteiger partial charge is 0.309 e. The van der Waals surface area contributed by atoms with Crippen LogP contribution in [0.25, 0.3) is 60.9 Å². The maximum Gasteiger partial charge on any atom is 0.0541 e. The first-order chi connectivity index (χ1) is 18.8. The predicted molar refractivity (Wildman–Crippen MR) is 162 cm³/mol. The molecule has 38 heavy (non-hydrogen) atoms. The van der Waals surface area contributed by atoms with Crippen LogP contribution < -0.4 is 0 Å². The number of fused-ring (bicyclic) bond motifs is 3. The summed E-state index contributed by atoms with van der Waals surface area (Å²) in [6, 6.07) is 52.6. The molecule has 0 unspecified atom stereocenters. The van der Waals surface area contributed by atoms with Gasteiger partial charge in [-0.25, -0.2) is 0 Å². The lowest BCUT2D eigenvalue weighted by Gasteiger charge is -2.14. The lowest BCUT2D eigenvalue weighted by molar-refractivity contribution is 1.18. The molecule has 0 aliphatic rings. The zero-order chi connectivity index (χ0) is 25.5. The second-order valence-electron chi connectivity index (χ2n) is 9.91. The number of nitrogens with zero attached hydrogens (tertiary/aromatic N) is 1. The van der Waals surface area contributed by atoms with Crippen molar-refractivity contribution in [3.63, 3.8) is 0 Å². The molecule has 180 valence electrons. The number of hydrogen-bond acceptors (Lipinski definition) is 0. The Bertz CT molecular complexity index is 1890. The van der Waals surface area contributed by atoms with Crippen LogP contribution in [0.15, 0.2) is 146 Å². The standard InChI is InChI=1S/C37H27N/c1-26-16-23-37-35(24-26)33-14-8-9-15-36(33)38(37)31-20-17-27(18-21-31)30-19-22-32(28-10-4-2-5-11-28)34(25-30)29-12-6-3-7-13-29/h2-25H,1H3. The molecule has 0 bridgehead atoms. The first-order valence-corrected chi connectivity index (χ1v) is 13.1. The van der Waals surface area contributed by atoms with E-state index in [0.29, 0.717) is 0 Å². The van der Waals surface area contributed by atoms with E-state index in [-0.39, 0.29) is 0 Å². The second kappa shape index (κ2) is 9.21. The quantitative estimate of drug-likeness (QED) is 0.234. The summed E-state index contributed by atoms with van der Waals surface area (Å²) >= 11 is 0. The first kappa shape index (κ1) is 22.3. The summed E-state index contributed by atoms with van der Waals surface area (Å²) in [7, 11) is 0. The van der Waals surface area contributed by atoms with E-state index in [1.54, 1.807) is 0 Å². The van der Waals surface area contributed by atoms with Gasteiger partial charge in [0.25, 0.3) is 0 Å². The summed E-state index contributed by atoms with van der Waals surface area (Å²) in [6.07, 6.45) is 0. The molecule has 7 aromatic rings. The summed E-state index contributed by atoms with van der Waals surface area (Å²) in [5, 5.41) is 2.59. The molecule has 0 radical (unpaired) electrons. The van der Waals surface area contributed by atoms with Crippen molar-refractivity contribution >= 4 is 21.8 Å². The highest BCUT2D eigenvalue weighted by Gasteiger charge is 2.13. The van der Waals surface area contributed by atoms with Gasteiger partial charge in [0.15, 0.2) is 0 Å². The number of para-hydroxylation sites is 1. The van der Waals surface area contributed by atoms with Gasteiger partial charge in [-0.05, 0) is 76.7 Å². The number of rotatable bonds is 4. The van der Waals surface area contributed by atoms with E-state index in [1.165, 1.54) is 66.4 Å². The third-order valence-electron chi connectivity index (χ3n) is 7.48. The van der Waals surface area contributed by atoms with Gasteiger partial charge >= 0.3 is 0 Å². The SMILES string of the molecule is Cc1ccc2c(c1)c1ccccc1n2-c1ccc(-c2ccc(-c3ccccc3)c(-c3ccccc3)c2)cc1.